The van der Waals surface area contributed by atoms with Crippen molar-refractivity contribution in [3.05, 3.63) is 35.4 Å². The smallest absolute Gasteiger partial charge is 0.296 e. The average Bonchev–Trinajstić information content (AvgIpc) is 1.92. The highest BCUT2D eigenvalue weighted by molar-refractivity contribution is 7.46. The quantitative estimate of drug-likeness (QED) is 0.664. The third-order valence-corrected chi connectivity index (χ3v) is 1.43. The van der Waals surface area contributed by atoms with Gasteiger partial charge in [-0.3, -0.25) is 4.89 Å². The number of hydrogen-bond donors (Lipinski definition) is 1. The predicted octanol–water partition coefficient (Wildman–Crippen LogP) is 3.33. The lowest BCUT2D eigenvalue weighted by atomic mass is 10.1. The van der Waals surface area contributed by atoms with Crippen molar-refractivity contribution >= 4 is 7.99 Å². The second kappa shape index (κ2) is 5.10. The van der Waals surface area contributed by atoms with Crippen LogP contribution < -0.4 is 0 Å². The summed E-state index contributed by atoms with van der Waals surface area (Å²) in [5, 5.41) is 0. The Morgan fingerprint density at radius 2 is 1.38 bits per heavy atom. The van der Waals surface area contributed by atoms with E-state index in [4.69, 9.17) is 9.46 Å². The van der Waals surface area contributed by atoms with Crippen LogP contribution >= 0.6 is 7.99 Å². The molecule has 5 heteroatoms. The molecule has 0 radical (unpaired) electrons. The monoisotopic (exact) mass is 208 g/mol. The van der Waals surface area contributed by atoms with Crippen molar-refractivity contribution in [2.24, 2.45) is 0 Å². The first-order valence-corrected chi connectivity index (χ1v) is 4.99. The van der Waals surface area contributed by atoms with Gasteiger partial charge in [0.05, 0.1) is 0 Å². The molecular weight excluding hydrogens is 197 g/mol. The van der Waals surface area contributed by atoms with Crippen molar-refractivity contribution in [1.29, 1.82) is 0 Å². The third-order valence-electron chi connectivity index (χ3n) is 1.43. The van der Waals surface area contributed by atoms with E-state index in [-0.39, 0.29) is 0 Å². The molecule has 1 rings (SSSR count). The van der Waals surface area contributed by atoms with E-state index in [1.165, 1.54) is 11.1 Å². The lowest BCUT2D eigenvalue weighted by Gasteiger charge is -1.93. The van der Waals surface area contributed by atoms with E-state index in [0.29, 0.717) is 0 Å². The lowest BCUT2D eigenvalue weighted by molar-refractivity contribution is 0.376. The molecule has 0 aromatic heterocycles. The molecule has 2 nitrogen and oxygen atoms in total. The van der Waals surface area contributed by atoms with Gasteiger partial charge in [0, 0.05) is 0 Å². The summed E-state index contributed by atoms with van der Waals surface area (Å²) in [7, 11) is -5.64. The molecule has 0 saturated heterocycles. The summed E-state index contributed by atoms with van der Waals surface area (Å²) < 4.78 is 28.7. The lowest BCUT2D eigenvalue weighted by Crippen LogP contribution is -1.74. The minimum absolute atomic E-state index is 1.37. The van der Waals surface area contributed by atoms with Crippen molar-refractivity contribution in [2.45, 2.75) is 13.8 Å². The summed E-state index contributed by atoms with van der Waals surface area (Å²) in [6.07, 6.45) is 0. The van der Waals surface area contributed by atoms with E-state index >= 15 is 0 Å². The van der Waals surface area contributed by atoms with Gasteiger partial charge in [-0.25, -0.2) is 4.57 Å². The van der Waals surface area contributed by atoms with Crippen LogP contribution in [0.3, 0.4) is 0 Å². The fraction of sp³-hybridized carbons (Fsp3) is 0.250. The molecular formula is C8H11F2O2P. The molecule has 0 heterocycles. The molecule has 1 N–H and O–H groups in total. The van der Waals surface area contributed by atoms with Crippen LogP contribution in [0.5, 0.6) is 0 Å². The average molecular weight is 208 g/mol. The molecule has 0 amide bonds. The summed E-state index contributed by atoms with van der Waals surface area (Å²) in [6.45, 7) is 4.24. The highest BCUT2D eigenvalue weighted by Gasteiger charge is 2.09. The molecule has 0 aliphatic heterocycles. The standard InChI is InChI=1S/C8H10.F2HO2P/c1-7-5-3-4-6-8(7)2;1-5(2,3)4/h3-6H,1-2H3;(H,3,4). The molecule has 0 bridgehead atoms. The Morgan fingerprint density at radius 1 is 1.15 bits per heavy atom. The third kappa shape index (κ3) is 9.18. The Balaban J connectivity index is 0.000000252. The molecule has 0 saturated carbocycles. The highest BCUT2D eigenvalue weighted by Crippen LogP contribution is 2.43. The Labute approximate surface area is 75.9 Å². The largest absolute Gasteiger partial charge is 0.549 e. The van der Waals surface area contributed by atoms with Gasteiger partial charge in [0.2, 0.25) is 0 Å². The zero-order chi connectivity index (χ0) is 10.5. The van der Waals surface area contributed by atoms with E-state index in [0.717, 1.165) is 0 Å². The predicted molar refractivity (Wildman–Crippen MR) is 48.0 cm³/mol. The molecule has 0 atom stereocenters. The number of aryl methyl sites for hydroxylation is 2. The summed E-state index contributed by atoms with van der Waals surface area (Å²) in [4.78, 5) is 6.74. The van der Waals surface area contributed by atoms with Crippen LogP contribution in [-0.2, 0) is 4.57 Å². The molecule has 74 valence electrons. The van der Waals surface area contributed by atoms with E-state index in [1.807, 2.05) is 0 Å². The van der Waals surface area contributed by atoms with Gasteiger partial charge in [0.25, 0.3) is 0 Å². The molecule has 0 fully saturated rings. The maximum Gasteiger partial charge on any atom is 0.549 e. The normalized spacial score (nSPS) is 10.2. The first kappa shape index (κ1) is 12.3. The number of benzene rings is 1. The molecule has 0 spiro atoms. The minimum Gasteiger partial charge on any atom is -0.296 e. The van der Waals surface area contributed by atoms with Gasteiger partial charge in [0.15, 0.2) is 0 Å². The van der Waals surface area contributed by atoms with Gasteiger partial charge < -0.3 is 0 Å². The van der Waals surface area contributed by atoms with Crippen LogP contribution in [0.25, 0.3) is 0 Å². The van der Waals surface area contributed by atoms with Crippen LogP contribution in [0.15, 0.2) is 24.3 Å². The Morgan fingerprint density at radius 3 is 1.54 bits per heavy atom. The Kier molecular flexibility index (Phi) is 4.81. The minimum atomic E-state index is -5.64. The SMILES string of the molecule is Cc1ccccc1C.O=P(O)(F)F. The zero-order valence-corrected chi connectivity index (χ0v) is 8.26. The highest BCUT2D eigenvalue weighted by atomic mass is 31.2. The first-order chi connectivity index (χ1) is 5.80. The van der Waals surface area contributed by atoms with Crippen LogP contribution in [0, 0.1) is 13.8 Å². The summed E-state index contributed by atoms with van der Waals surface area (Å²) >= 11 is 0. The van der Waals surface area contributed by atoms with Gasteiger partial charge in [0.1, 0.15) is 0 Å². The van der Waals surface area contributed by atoms with E-state index in [9.17, 15) is 8.39 Å². The van der Waals surface area contributed by atoms with Gasteiger partial charge in [-0.1, -0.05) is 24.3 Å². The molecule has 0 unspecified atom stereocenters. The number of rotatable bonds is 0. The van der Waals surface area contributed by atoms with Gasteiger partial charge in [-0.05, 0) is 25.0 Å². The van der Waals surface area contributed by atoms with Crippen molar-refractivity contribution in [3.63, 3.8) is 0 Å². The molecule has 13 heavy (non-hydrogen) atoms. The Bertz CT molecular complexity index is 280. The maximum absolute atomic E-state index is 10.1. The van der Waals surface area contributed by atoms with Gasteiger partial charge in [-0.15, -0.1) is 8.39 Å². The van der Waals surface area contributed by atoms with Crippen LogP contribution in [0.1, 0.15) is 11.1 Å². The topological polar surface area (TPSA) is 37.3 Å². The van der Waals surface area contributed by atoms with Crippen LogP contribution in [-0.4, -0.2) is 4.89 Å². The molecule has 0 aliphatic carbocycles. The van der Waals surface area contributed by atoms with Crippen molar-refractivity contribution in [2.75, 3.05) is 0 Å². The van der Waals surface area contributed by atoms with E-state index in [1.54, 1.807) is 0 Å². The molecule has 1 aromatic carbocycles. The summed E-state index contributed by atoms with van der Waals surface area (Å²) in [6, 6.07) is 8.36. The fourth-order valence-corrected chi connectivity index (χ4v) is 0.663. The van der Waals surface area contributed by atoms with E-state index < -0.39 is 7.99 Å². The van der Waals surface area contributed by atoms with Crippen molar-refractivity contribution in [3.8, 4) is 0 Å². The number of halogens is 2. The molecule has 0 aliphatic rings. The zero-order valence-electron chi connectivity index (χ0n) is 7.37. The van der Waals surface area contributed by atoms with Crippen molar-refractivity contribution < 1.29 is 17.9 Å². The second-order valence-corrected chi connectivity index (χ2v) is 3.39. The summed E-state index contributed by atoms with van der Waals surface area (Å²) in [5.41, 5.74) is 2.74. The maximum atomic E-state index is 10.1. The summed E-state index contributed by atoms with van der Waals surface area (Å²) in [5.74, 6) is 0. The van der Waals surface area contributed by atoms with Gasteiger partial charge >= 0.3 is 7.99 Å². The Hall–Kier alpha value is -0.730. The number of hydrogen-bond acceptors (Lipinski definition) is 1. The first-order valence-electron chi connectivity index (χ1n) is 3.55. The van der Waals surface area contributed by atoms with E-state index in [2.05, 4.69) is 38.1 Å². The fourth-order valence-electron chi connectivity index (χ4n) is 0.663. The molecule has 1 aromatic rings. The van der Waals surface area contributed by atoms with Gasteiger partial charge in [-0.2, -0.15) is 0 Å². The van der Waals surface area contributed by atoms with Crippen molar-refractivity contribution in [1.82, 2.24) is 0 Å². The van der Waals surface area contributed by atoms with Crippen LogP contribution in [0.4, 0.5) is 8.39 Å². The second-order valence-electron chi connectivity index (χ2n) is 2.52. The van der Waals surface area contributed by atoms with Crippen LogP contribution in [0.2, 0.25) is 0 Å².